The van der Waals surface area contributed by atoms with Gasteiger partial charge in [0.25, 0.3) is 12.0 Å². The number of carbonyl (C=O) groups is 4. The Kier molecular flexibility index (Phi) is 8.94. The second kappa shape index (κ2) is 11.4. The number of rotatable bonds is 7. The number of Topliss-reactive ketones (excluding diaryl/α,β-unsaturated/α-hetero) is 1. The normalized spacial score (nSPS) is 13.5. The maximum Gasteiger partial charge on any atom is 0.490 e. The van der Waals surface area contributed by atoms with Gasteiger partial charge in [0.05, 0.1) is 11.4 Å². The number of ketones is 1. The molecule has 1 aromatic carbocycles. The summed E-state index contributed by atoms with van der Waals surface area (Å²) < 4.78 is 37.0. The number of benzene rings is 1. The van der Waals surface area contributed by atoms with Gasteiger partial charge in [-0.3, -0.25) is 9.59 Å². The summed E-state index contributed by atoms with van der Waals surface area (Å²) in [6.07, 6.45) is -5.88. The molecular weight excluding hydrogens is 469 g/mol. The first-order chi connectivity index (χ1) is 15.5. The van der Waals surface area contributed by atoms with Gasteiger partial charge in [-0.1, -0.05) is 18.2 Å². The fourth-order valence-corrected chi connectivity index (χ4v) is 3.70. The molecule has 0 aliphatic carbocycles. The number of halogens is 3. The highest BCUT2D eigenvalue weighted by Gasteiger charge is 2.38. The van der Waals surface area contributed by atoms with E-state index in [1.54, 1.807) is 36.4 Å². The molecule has 0 fully saturated rings. The van der Waals surface area contributed by atoms with E-state index in [4.69, 9.17) is 14.6 Å². The molecule has 1 amide bonds. The van der Waals surface area contributed by atoms with Gasteiger partial charge in [0.1, 0.15) is 5.75 Å². The Bertz CT molecular complexity index is 985. The van der Waals surface area contributed by atoms with Gasteiger partial charge in [-0.2, -0.15) is 13.2 Å². The molecule has 33 heavy (non-hydrogen) atoms. The number of amides is 1. The van der Waals surface area contributed by atoms with Gasteiger partial charge in [0.15, 0.2) is 0 Å². The molecule has 2 heterocycles. The van der Waals surface area contributed by atoms with E-state index in [2.05, 4.69) is 10.6 Å². The largest absolute Gasteiger partial charge is 0.490 e. The standard InChI is InChI=1S/C18H18N2O5S.C2HF3O2/c21-13(16(18(23)24)25-12-4-2-1-3-5-12)10-20-17(22)15-8-11-9-19-7-6-14(11)26-15;3-2(4,5)1(6)7/h1-5,8,16,19H,6-7,9-10H2,(H,20,22)(H,23,24);(H,6,7). The second-order valence-electron chi connectivity index (χ2n) is 6.59. The Balaban J connectivity index is 0.000000479. The van der Waals surface area contributed by atoms with Crippen molar-refractivity contribution in [2.75, 3.05) is 13.1 Å². The molecular formula is C20H19F3N2O7S. The minimum Gasteiger partial charge on any atom is -0.478 e. The fourth-order valence-electron chi connectivity index (χ4n) is 2.60. The SMILES string of the molecule is O=C(NCC(=O)C(Oc1ccccc1)C(=O)O)c1cc2c(s1)CCNC2.O=C(O)C(F)(F)F. The number of nitrogens with one attached hydrogen (secondary N) is 2. The van der Waals surface area contributed by atoms with Crippen molar-refractivity contribution in [3.05, 3.63) is 51.7 Å². The van der Waals surface area contributed by atoms with E-state index in [1.165, 1.54) is 11.3 Å². The van der Waals surface area contributed by atoms with Gasteiger partial charge in [-0.25, -0.2) is 9.59 Å². The first kappa shape index (κ1) is 25.8. The average Bonchev–Trinajstić information content (AvgIpc) is 3.20. The average molecular weight is 488 g/mol. The molecule has 1 atom stereocenters. The molecule has 1 unspecified atom stereocenters. The Hall–Kier alpha value is -3.45. The van der Waals surface area contributed by atoms with E-state index >= 15 is 0 Å². The van der Waals surface area contributed by atoms with E-state index in [-0.39, 0.29) is 11.7 Å². The third kappa shape index (κ3) is 7.88. The molecule has 0 saturated heterocycles. The number of alkyl halides is 3. The van der Waals surface area contributed by atoms with Crippen molar-refractivity contribution < 1.29 is 47.3 Å². The molecule has 3 rings (SSSR count). The van der Waals surface area contributed by atoms with Gasteiger partial charge in [-0.05, 0) is 30.2 Å². The summed E-state index contributed by atoms with van der Waals surface area (Å²) in [6.45, 7) is 1.19. The lowest BCUT2D eigenvalue weighted by atomic mass is 10.1. The van der Waals surface area contributed by atoms with Crippen LogP contribution in [0.3, 0.4) is 0 Å². The van der Waals surface area contributed by atoms with Crippen molar-refractivity contribution in [2.45, 2.75) is 25.2 Å². The summed E-state index contributed by atoms with van der Waals surface area (Å²) in [5.41, 5.74) is 1.09. The molecule has 0 radical (unpaired) electrons. The van der Waals surface area contributed by atoms with Gasteiger partial charge >= 0.3 is 18.1 Å². The monoisotopic (exact) mass is 488 g/mol. The zero-order valence-corrected chi connectivity index (χ0v) is 17.7. The highest BCUT2D eigenvalue weighted by molar-refractivity contribution is 7.14. The first-order valence-corrected chi connectivity index (χ1v) is 10.2. The minimum atomic E-state index is -5.08. The van der Waals surface area contributed by atoms with Crippen molar-refractivity contribution in [2.24, 2.45) is 0 Å². The van der Waals surface area contributed by atoms with Gasteiger partial charge in [0, 0.05) is 18.0 Å². The van der Waals surface area contributed by atoms with Crippen molar-refractivity contribution in [1.82, 2.24) is 10.6 Å². The van der Waals surface area contributed by atoms with E-state index in [0.29, 0.717) is 4.88 Å². The van der Waals surface area contributed by atoms with E-state index in [1.807, 2.05) is 0 Å². The quantitative estimate of drug-likeness (QED) is 0.433. The zero-order chi connectivity index (χ0) is 24.6. The molecule has 13 heteroatoms. The predicted octanol–water partition coefficient (Wildman–Crippen LogP) is 1.86. The number of carboxylic acids is 2. The first-order valence-electron chi connectivity index (χ1n) is 9.37. The van der Waals surface area contributed by atoms with E-state index in [0.717, 1.165) is 30.0 Å². The molecule has 1 aromatic heterocycles. The minimum absolute atomic E-state index is 0.276. The van der Waals surface area contributed by atoms with Crippen LogP contribution in [0, 0.1) is 0 Å². The van der Waals surface area contributed by atoms with E-state index < -0.39 is 36.5 Å². The summed E-state index contributed by atoms with van der Waals surface area (Å²) in [5, 5.41) is 22.1. The molecule has 9 nitrogen and oxygen atoms in total. The molecule has 0 spiro atoms. The van der Waals surface area contributed by atoms with Crippen LogP contribution in [0.1, 0.15) is 20.1 Å². The van der Waals surface area contributed by atoms with Gasteiger partial charge in [-0.15, -0.1) is 11.3 Å². The Morgan fingerprint density at radius 2 is 1.79 bits per heavy atom. The molecule has 0 bridgehead atoms. The number of ether oxygens (including phenoxy) is 1. The summed E-state index contributed by atoms with van der Waals surface area (Å²) >= 11 is 1.40. The third-order valence-corrected chi connectivity index (χ3v) is 5.38. The molecule has 2 aromatic rings. The van der Waals surface area contributed by atoms with Crippen LogP contribution in [0.4, 0.5) is 13.2 Å². The number of thiophene rings is 1. The van der Waals surface area contributed by atoms with E-state index in [9.17, 15) is 32.7 Å². The predicted molar refractivity (Wildman–Crippen MR) is 109 cm³/mol. The van der Waals surface area contributed by atoms with Crippen molar-refractivity contribution in [3.63, 3.8) is 0 Å². The lowest BCUT2D eigenvalue weighted by Crippen LogP contribution is -2.42. The topological polar surface area (TPSA) is 142 Å². The van der Waals surface area contributed by atoms with Gasteiger partial charge in [0.2, 0.25) is 5.78 Å². The number of hydrogen-bond acceptors (Lipinski definition) is 7. The molecule has 1 aliphatic heterocycles. The summed E-state index contributed by atoms with van der Waals surface area (Å²) in [4.78, 5) is 46.4. The van der Waals surface area contributed by atoms with Crippen molar-refractivity contribution >= 4 is 35.0 Å². The summed E-state index contributed by atoms with van der Waals surface area (Å²) in [7, 11) is 0. The second-order valence-corrected chi connectivity index (χ2v) is 7.72. The Morgan fingerprint density at radius 1 is 1.15 bits per heavy atom. The number of para-hydroxylation sites is 1. The van der Waals surface area contributed by atoms with Crippen molar-refractivity contribution in [1.29, 1.82) is 0 Å². The number of carbonyl (C=O) groups excluding carboxylic acids is 2. The smallest absolute Gasteiger partial charge is 0.478 e. The maximum atomic E-state index is 12.3. The van der Waals surface area contributed by atoms with Crippen LogP contribution in [-0.2, 0) is 27.3 Å². The molecule has 178 valence electrons. The third-order valence-electron chi connectivity index (χ3n) is 4.14. The highest BCUT2D eigenvalue weighted by atomic mass is 32.1. The van der Waals surface area contributed by atoms with Crippen LogP contribution in [0.25, 0.3) is 0 Å². The number of carboxylic acid groups (broad SMARTS) is 2. The highest BCUT2D eigenvalue weighted by Crippen LogP contribution is 2.25. The van der Waals surface area contributed by atoms with Crippen LogP contribution in [0.5, 0.6) is 5.75 Å². The Morgan fingerprint density at radius 3 is 2.33 bits per heavy atom. The van der Waals surface area contributed by atoms with Crippen molar-refractivity contribution in [3.8, 4) is 5.75 Å². The van der Waals surface area contributed by atoms with Crippen LogP contribution >= 0.6 is 11.3 Å². The lowest BCUT2D eigenvalue weighted by molar-refractivity contribution is -0.192. The molecule has 0 saturated carbocycles. The fraction of sp³-hybridized carbons (Fsp3) is 0.300. The Labute approximate surface area is 189 Å². The molecule has 4 N–H and O–H groups in total. The van der Waals surface area contributed by atoms with Crippen LogP contribution in [0.2, 0.25) is 0 Å². The number of hydrogen-bond donors (Lipinski definition) is 4. The number of aliphatic carboxylic acids is 2. The summed E-state index contributed by atoms with van der Waals surface area (Å²) in [5.74, 6) is -4.99. The molecule has 1 aliphatic rings. The van der Waals surface area contributed by atoms with Gasteiger partial charge < -0.3 is 25.6 Å². The maximum absolute atomic E-state index is 12.3. The lowest BCUT2D eigenvalue weighted by Gasteiger charge is -2.14. The number of fused-ring (bicyclic) bond motifs is 1. The summed E-state index contributed by atoms with van der Waals surface area (Å²) in [6, 6.07) is 10.0. The van der Waals surface area contributed by atoms with Crippen LogP contribution in [0.15, 0.2) is 36.4 Å². The van der Waals surface area contributed by atoms with Crippen LogP contribution in [-0.4, -0.2) is 59.2 Å². The zero-order valence-electron chi connectivity index (χ0n) is 16.8. The van der Waals surface area contributed by atoms with Crippen LogP contribution < -0.4 is 15.4 Å².